The Morgan fingerprint density at radius 2 is 1.73 bits per heavy atom. The molecule has 0 aromatic heterocycles. The molecule has 2 saturated heterocycles. The summed E-state index contributed by atoms with van der Waals surface area (Å²) in [4.78, 5) is 28.9. The minimum atomic E-state index is -1.19. The fourth-order valence-electron chi connectivity index (χ4n) is 5.38. The summed E-state index contributed by atoms with van der Waals surface area (Å²) < 4.78 is 34.9. The van der Waals surface area contributed by atoms with E-state index in [1.54, 1.807) is 26.0 Å². The van der Waals surface area contributed by atoms with Crippen molar-refractivity contribution in [2.24, 2.45) is 11.7 Å². The second-order valence-corrected chi connectivity index (χ2v) is 10.8. The molecule has 2 aliphatic rings. The predicted molar refractivity (Wildman–Crippen MR) is 140 cm³/mol. The van der Waals surface area contributed by atoms with Gasteiger partial charge in [-0.2, -0.15) is 0 Å². The Balaban J connectivity index is 1.42. The lowest BCUT2D eigenvalue weighted by Crippen LogP contribution is -2.50. The Bertz CT molecular complexity index is 1090. The van der Waals surface area contributed by atoms with Gasteiger partial charge < -0.3 is 20.3 Å². The zero-order valence-electron chi connectivity index (χ0n) is 21.7. The first kappa shape index (κ1) is 27.0. The fraction of sp³-hybridized carbons (Fsp3) is 0.517. The van der Waals surface area contributed by atoms with Gasteiger partial charge in [-0.1, -0.05) is 24.3 Å². The molecule has 2 fully saturated rings. The van der Waals surface area contributed by atoms with Gasteiger partial charge in [0.2, 0.25) is 5.91 Å². The summed E-state index contributed by atoms with van der Waals surface area (Å²) in [6, 6.07) is 11.1. The van der Waals surface area contributed by atoms with Gasteiger partial charge in [0.15, 0.2) is 0 Å². The van der Waals surface area contributed by atoms with Crippen molar-refractivity contribution in [3.8, 4) is 16.9 Å². The fourth-order valence-corrected chi connectivity index (χ4v) is 5.38. The SMILES string of the molecule is CC(C)(F)CN1CCC(COc2ccc(-c3cccc(F)c3C(=O)N3CCCC[C@@H]3C(N)=O)cc2)CC1. The molecule has 0 saturated carbocycles. The number of benzene rings is 2. The molecule has 1 atom stereocenters. The Morgan fingerprint density at radius 1 is 1.03 bits per heavy atom. The minimum Gasteiger partial charge on any atom is -0.493 e. The van der Waals surface area contributed by atoms with E-state index in [2.05, 4.69) is 4.90 Å². The molecule has 2 aromatic rings. The molecule has 2 aliphatic heterocycles. The van der Waals surface area contributed by atoms with Crippen LogP contribution in [-0.4, -0.2) is 66.1 Å². The maximum Gasteiger partial charge on any atom is 0.258 e. The summed E-state index contributed by atoms with van der Waals surface area (Å²) >= 11 is 0. The summed E-state index contributed by atoms with van der Waals surface area (Å²) in [7, 11) is 0. The van der Waals surface area contributed by atoms with Crippen molar-refractivity contribution in [1.29, 1.82) is 0 Å². The van der Waals surface area contributed by atoms with Gasteiger partial charge in [0, 0.05) is 13.1 Å². The molecule has 0 radical (unpaired) electrons. The maximum atomic E-state index is 15.0. The lowest BCUT2D eigenvalue weighted by Gasteiger charge is -2.34. The Labute approximate surface area is 217 Å². The second-order valence-electron chi connectivity index (χ2n) is 10.8. The molecule has 2 heterocycles. The average molecular weight is 514 g/mol. The number of carbonyl (C=O) groups is 2. The van der Waals surface area contributed by atoms with E-state index in [4.69, 9.17) is 10.5 Å². The lowest BCUT2D eigenvalue weighted by molar-refractivity contribution is -0.123. The van der Waals surface area contributed by atoms with E-state index in [0.717, 1.165) is 38.8 Å². The number of alkyl halides is 1. The third-order valence-electron chi connectivity index (χ3n) is 7.28. The quantitative estimate of drug-likeness (QED) is 0.550. The molecular weight excluding hydrogens is 476 g/mol. The van der Waals surface area contributed by atoms with E-state index in [9.17, 15) is 18.4 Å². The topological polar surface area (TPSA) is 75.9 Å². The molecule has 4 rings (SSSR count). The number of halogens is 2. The number of likely N-dealkylation sites (tertiary alicyclic amines) is 2. The molecule has 0 aliphatic carbocycles. The number of nitrogens with two attached hydrogens (primary N) is 1. The standard InChI is InChI=1S/C29H37F2N3O3/c1-29(2,31)19-33-16-13-20(14-17-33)18-37-22-11-9-21(10-12-22)23-6-5-7-24(30)26(23)28(36)34-15-4-3-8-25(34)27(32)35/h5-7,9-12,20,25H,3-4,8,13-19H2,1-2H3,(H2,32,35)/t25-/m1/s1. The van der Waals surface area contributed by atoms with E-state index >= 15 is 0 Å². The van der Waals surface area contributed by atoms with Crippen LogP contribution in [0.4, 0.5) is 8.78 Å². The molecule has 6 nitrogen and oxygen atoms in total. The van der Waals surface area contributed by atoms with E-state index < -0.39 is 29.3 Å². The molecule has 8 heteroatoms. The summed E-state index contributed by atoms with van der Waals surface area (Å²) in [6.07, 6.45) is 3.97. The van der Waals surface area contributed by atoms with Crippen molar-refractivity contribution in [1.82, 2.24) is 9.80 Å². The third-order valence-corrected chi connectivity index (χ3v) is 7.28. The van der Waals surface area contributed by atoms with Crippen molar-refractivity contribution in [2.45, 2.75) is 57.7 Å². The van der Waals surface area contributed by atoms with Crippen LogP contribution in [0.25, 0.3) is 11.1 Å². The highest BCUT2D eigenvalue weighted by atomic mass is 19.1. The Hall–Kier alpha value is -3.00. The summed E-state index contributed by atoms with van der Waals surface area (Å²) in [5, 5.41) is 0. The Kier molecular flexibility index (Phi) is 8.47. The number of amides is 2. The van der Waals surface area contributed by atoms with Crippen molar-refractivity contribution in [3.63, 3.8) is 0 Å². The highest BCUT2D eigenvalue weighted by Crippen LogP contribution is 2.31. The van der Waals surface area contributed by atoms with Gasteiger partial charge in [0.25, 0.3) is 5.91 Å². The van der Waals surface area contributed by atoms with Crippen LogP contribution >= 0.6 is 0 Å². The van der Waals surface area contributed by atoms with Gasteiger partial charge >= 0.3 is 0 Å². The first-order valence-electron chi connectivity index (χ1n) is 13.2. The van der Waals surface area contributed by atoms with Crippen LogP contribution in [0.2, 0.25) is 0 Å². The summed E-state index contributed by atoms with van der Waals surface area (Å²) in [5.41, 5.74) is 5.45. The molecule has 200 valence electrons. The molecule has 2 N–H and O–H groups in total. The van der Waals surface area contributed by atoms with Gasteiger partial charge in [-0.25, -0.2) is 8.78 Å². The number of rotatable bonds is 8. The molecule has 0 unspecified atom stereocenters. The third kappa shape index (κ3) is 6.86. The van der Waals surface area contributed by atoms with Crippen molar-refractivity contribution < 1.29 is 23.1 Å². The second kappa shape index (κ2) is 11.6. The highest BCUT2D eigenvalue weighted by Gasteiger charge is 2.33. The normalized spacial score (nSPS) is 19.6. The van der Waals surface area contributed by atoms with Gasteiger partial charge in [-0.15, -0.1) is 0 Å². The van der Waals surface area contributed by atoms with Gasteiger partial charge in [0.1, 0.15) is 23.3 Å². The molecule has 2 amide bonds. The highest BCUT2D eigenvalue weighted by molar-refractivity contribution is 6.03. The number of ether oxygens (including phenoxy) is 1. The number of hydrogen-bond donors (Lipinski definition) is 1. The van der Waals surface area contributed by atoms with Crippen LogP contribution in [0.3, 0.4) is 0 Å². The largest absolute Gasteiger partial charge is 0.493 e. The van der Waals surface area contributed by atoms with E-state index in [0.29, 0.717) is 48.9 Å². The van der Waals surface area contributed by atoms with Gasteiger partial charge in [-0.05, 0) is 94.3 Å². The molecule has 0 bridgehead atoms. The van der Waals surface area contributed by atoms with Crippen LogP contribution in [0.15, 0.2) is 42.5 Å². The van der Waals surface area contributed by atoms with Crippen LogP contribution in [0.5, 0.6) is 5.75 Å². The zero-order chi connectivity index (χ0) is 26.6. The van der Waals surface area contributed by atoms with Crippen LogP contribution in [0.1, 0.15) is 56.3 Å². The zero-order valence-corrected chi connectivity index (χ0v) is 21.7. The minimum absolute atomic E-state index is 0.0486. The van der Waals surface area contributed by atoms with Gasteiger partial charge in [-0.3, -0.25) is 9.59 Å². The monoisotopic (exact) mass is 513 g/mol. The maximum absolute atomic E-state index is 15.0. The van der Waals surface area contributed by atoms with E-state index in [1.165, 1.54) is 11.0 Å². The molecule has 2 aromatic carbocycles. The van der Waals surface area contributed by atoms with Crippen molar-refractivity contribution >= 4 is 11.8 Å². The van der Waals surface area contributed by atoms with E-state index in [1.807, 2.05) is 24.3 Å². The number of primary amides is 1. The predicted octanol–water partition coefficient (Wildman–Crippen LogP) is 4.81. The first-order valence-corrected chi connectivity index (χ1v) is 13.2. The average Bonchev–Trinajstić information content (AvgIpc) is 2.87. The summed E-state index contributed by atoms with van der Waals surface area (Å²) in [5.74, 6) is -0.595. The smallest absolute Gasteiger partial charge is 0.258 e. The van der Waals surface area contributed by atoms with Gasteiger partial charge in [0.05, 0.1) is 12.2 Å². The number of carbonyl (C=O) groups excluding carboxylic acids is 2. The lowest BCUT2D eigenvalue weighted by atomic mass is 9.95. The molecule has 37 heavy (non-hydrogen) atoms. The van der Waals surface area contributed by atoms with Crippen LogP contribution in [-0.2, 0) is 4.79 Å². The number of nitrogens with zero attached hydrogens (tertiary/aromatic N) is 2. The van der Waals surface area contributed by atoms with Crippen molar-refractivity contribution in [3.05, 3.63) is 53.8 Å². The number of hydrogen-bond acceptors (Lipinski definition) is 4. The van der Waals surface area contributed by atoms with Crippen molar-refractivity contribution in [2.75, 3.05) is 32.8 Å². The molecular formula is C29H37F2N3O3. The number of piperidine rings is 2. The molecule has 0 spiro atoms. The van der Waals surface area contributed by atoms with Crippen LogP contribution < -0.4 is 10.5 Å². The first-order chi connectivity index (χ1) is 17.6. The van der Waals surface area contributed by atoms with E-state index in [-0.39, 0.29) is 5.56 Å². The van der Waals surface area contributed by atoms with Crippen LogP contribution in [0, 0.1) is 11.7 Å². The Morgan fingerprint density at radius 3 is 2.38 bits per heavy atom. The summed E-state index contributed by atoms with van der Waals surface area (Å²) in [6.45, 7) is 6.36.